The third-order valence-electron chi connectivity index (χ3n) is 2.93. The SMILES string of the molecule is CCOc1cc(/C=N\S(=O)(=O)c2cccs2)cc([N+](=O)[O-])c1OCC. The minimum Gasteiger partial charge on any atom is -0.490 e. The molecule has 0 aliphatic heterocycles. The second-order valence-corrected chi connectivity index (χ2v) is 7.44. The van der Waals surface area contributed by atoms with E-state index in [1.165, 1.54) is 18.2 Å². The number of benzene rings is 1. The van der Waals surface area contributed by atoms with Crippen molar-refractivity contribution in [2.24, 2.45) is 4.40 Å². The Kier molecular flexibility index (Phi) is 6.10. The summed E-state index contributed by atoms with van der Waals surface area (Å²) in [7, 11) is -3.85. The van der Waals surface area contributed by atoms with E-state index in [4.69, 9.17) is 9.47 Å². The van der Waals surface area contributed by atoms with Gasteiger partial charge in [0.25, 0.3) is 10.0 Å². The summed E-state index contributed by atoms with van der Waals surface area (Å²) in [4.78, 5) is 10.7. The molecule has 0 fully saturated rings. The fraction of sp³-hybridized carbons (Fsp3) is 0.267. The van der Waals surface area contributed by atoms with Crippen molar-refractivity contribution in [2.75, 3.05) is 13.2 Å². The van der Waals surface area contributed by atoms with Crippen molar-refractivity contribution in [1.82, 2.24) is 0 Å². The van der Waals surface area contributed by atoms with Gasteiger partial charge in [-0.05, 0) is 31.4 Å². The van der Waals surface area contributed by atoms with E-state index in [0.717, 1.165) is 17.6 Å². The number of hydrogen-bond donors (Lipinski definition) is 0. The van der Waals surface area contributed by atoms with E-state index in [-0.39, 0.29) is 40.2 Å². The second-order valence-electron chi connectivity index (χ2n) is 4.63. The van der Waals surface area contributed by atoms with Gasteiger partial charge in [0.2, 0.25) is 5.75 Å². The van der Waals surface area contributed by atoms with E-state index in [2.05, 4.69) is 4.40 Å². The summed E-state index contributed by atoms with van der Waals surface area (Å²) in [5.74, 6) is 0.168. The van der Waals surface area contributed by atoms with E-state index in [0.29, 0.717) is 0 Å². The topological polar surface area (TPSA) is 108 Å². The molecule has 0 N–H and O–H groups in total. The largest absolute Gasteiger partial charge is 0.490 e. The number of thiophene rings is 1. The van der Waals surface area contributed by atoms with Crippen LogP contribution in [0.15, 0.2) is 38.3 Å². The van der Waals surface area contributed by atoms with Crippen molar-refractivity contribution in [1.29, 1.82) is 0 Å². The minimum atomic E-state index is -3.85. The van der Waals surface area contributed by atoms with Gasteiger partial charge in [0, 0.05) is 17.8 Å². The molecule has 1 aromatic heterocycles. The maximum absolute atomic E-state index is 12.1. The van der Waals surface area contributed by atoms with Crippen LogP contribution in [-0.4, -0.2) is 32.8 Å². The molecule has 1 heterocycles. The first-order chi connectivity index (χ1) is 11.9. The number of hydrogen-bond acceptors (Lipinski definition) is 7. The summed E-state index contributed by atoms with van der Waals surface area (Å²) in [6, 6.07) is 5.68. The Morgan fingerprint density at radius 2 is 2.00 bits per heavy atom. The standard InChI is InChI=1S/C15H16N2O6S2/c1-3-22-13-9-11(8-12(17(18)19)15(13)23-4-2)10-16-25(20,21)14-6-5-7-24-14/h5-10H,3-4H2,1-2H3/b16-10-. The fourth-order valence-electron chi connectivity index (χ4n) is 1.96. The monoisotopic (exact) mass is 384 g/mol. The molecule has 8 nitrogen and oxygen atoms in total. The Hall–Kier alpha value is -2.46. The van der Waals surface area contributed by atoms with Gasteiger partial charge in [0.15, 0.2) is 5.75 Å². The van der Waals surface area contributed by atoms with Crippen LogP contribution in [0.5, 0.6) is 11.5 Å². The van der Waals surface area contributed by atoms with Gasteiger partial charge in [-0.3, -0.25) is 10.1 Å². The lowest BCUT2D eigenvalue weighted by molar-refractivity contribution is -0.385. The van der Waals surface area contributed by atoms with Crippen molar-refractivity contribution in [3.8, 4) is 11.5 Å². The van der Waals surface area contributed by atoms with Crippen LogP contribution in [0, 0.1) is 10.1 Å². The van der Waals surface area contributed by atoms with Crippen molar-refractivity contribution in [3.63, 3.8) is 0 Å². The number of sulfonamides is 1. The minimum absolute atomic E-state index is 0.00705. The average Bonchev–Trinajstić information content (AvgIpc) is 3.10. The van der Waals surface area contributed by atoms with Gasteiger partial charge in [0.1, 0.15) is 4.21 Å². The predicted octanol–water partition coefficient (Wildman–Crippen LogP) is 3.26. The highest BCUT2D eigenvalue weighted by Crippen LogP contribution is 2.38. The van der Waals surface area contributed by atoms with E-state index >= 15 is 0 Å². The highest BCUT2D eigenvalue weighted by molar-refractivity contribution is 7.92. The first kappa shape index (κ1) is 18.9. The lowest BCUT2D eigenvalue weighted by atomic mass is 10.2. The van der Waals surface area contributed by atoms with Crippen LogP contribution in [0.3, 0.4) is 0 Å². The van der Waals surface area contributed by atoms with Crippen LogP contribution < -0.4 is 9.47 Å². The van der Waals surface area contributed by atoms with E-state index < -0.39 is 14.9 Å². The lowest BCUT2D eigenvalue weighted by Gasteiger charge is -2.11. The van der Waals surface area contributed by atoms with E-state index in [1.807, 2.05) is 0 Å². The Labute approximate surface area is 148 Å². The molecule has 25 heavy (non-hydrogen) atoms. The van der Waals surface area contributed by atoms with Gasteiger partial charge in [-0.1, -0.05) is 6.07 Å². The van der Waals surface area contributed by atoms with E-state index in [9.17, 15) is 18.5 Å². The zero-order chi connectivity index (χ0) is 18.4. The molecule has 0 bridgehead atoms. The molecule has 0 unspecified atom stereocenters. The molecule has 0 aliphatic rings. The van der Waals surface area contributed by atoms with Gasteiger partial charge in [-0.25, -0.2) is 0 Å². The van der Waals surface area contributed by atoms with Crippen molar-refractivity contribution in [3.05, 3.63) is 45.3 Å². The van der Waals surface area contributed by atoms with Gasteiger partial charge in [-0.2, -0.15) is 12.8 Å². The molecule has 0 spiro atoms. The number of nitro benzene ring substituents is 1. The zero-order valence-electron chi connectivity index (χ0n) is 13.5. The normalized spacial score (nSPS) is 11.6. The molecular weight excluding hydrogens is 368 g/mol. The average molecular weight is 384 g/mol. The maximum atomic E-state index is 12.1. The van der Waals surface area contributed by atoms with Crippen LogP contribution >= 0.6 is 11.3 Å². The molecule has 0 aliphatic carbocycles. The van der Waals surface area contributed by atoms with Crippen LogP contribution in [0.2, 0.25) is 0 Å². The maximum Gasteiger partial charge on any atom is 0.315 e. The second kappa shape index (κ2) is 8.08. The first-order valence-electron chi connectivity index (χ1n) is 7.31. The molecule has 0 saturated heterocycles. The molecule has 0 saturated carbocycles. The van der Waals surface area contributed by atoms with Crippen LogP contribution in [0.25, 0.3) is 0 Å². The summed E-state index contributed by atoms with van der Waals surface area (Å²) >= 11 is 1.04. The molecule has 2 rings (SSSR count). The summed E-state index contributed by atoms with van der Waals surface area (Å²) in [6.07, 6.45) is 1.06. The van der Waals surface area contributed by atoms with Crippen LogP contribution in [0.4, 0.5) is 5.69 Å². The summed E-state index contributed by atoms with van der Waals surface area (Å²) in [6.45, 7) is 3.92. The number of nitro groups is 1. The van der Waals surface area contributed by atoms with Gasteiger partial charge in [-0.15, -0.1) is 11.3 Å². The fourth-order valence-corrected chi connectivity index (χ4v) is 3.81. The summed E-state index contributed by atoms with van der Waals surface area (Å²) in [5.41, 5.74) is -0.0958. The van der Waals surface area contributed by atoms with E-state index in [1.54, 1.807) is 25.3 Å². The third-order valence-corrected chi connectivity index (χ3v) is 5.54. The van der Waals surface area contributed by atoms with Gasteiger partial charge >= 0.3 is 5.69 Å². The predicted molar refractivity (Wildman–Crippen MR) is 94.5 cm³/mol. The molecule has 1 aromatic carbocycles. The molecule has 10 heteroatoms. The van der Waals surface area contributed by atoms with Crippen LogP contribution in [0.1, 0.15) is 19.4 Å². The molecule has 0 amide bonds. The number of ether oxygens (including phenoxy) is 2. The molecule has 0 atom stereocenters. The van der Waals surface area contributed by atoms with Crippen molar-refractivity contribution in [2.45, 2.75) is 18.1 Å². The zero-order valence-corrected chi connectivity index (χ0v) is 15.2. The molecule has 134 valence electrons. The Morgan fingerprint density at radius 3 is 2.56 bits per heavy atom. The molecule has 0 radical (unpaired) electrons. The van der Waals surface area contributed by atoms with Gasteiger partial charge in [0.05, 0.1) is 18.1 Å². The van der Waals surface area contributed by atoms with Crippen LogP contribution in [-0.2, 0) is 10.0 Å². The Bertz CT molecular complexity index is 876. The smallest absolute Gasteiger partial charge is 0.315 e. The number of rotatable bonds is 8. The highest BCUT2D eigenvalue weighted by Gasteiger charge is 2.22. The quantitative estimate of drug-likeness (QED) is 0.393. The Morgan fingerprint density at radius 1 is 1.28 bits per heavy atom. The molecular formula is C15H16N2O6S2. The summed E-state index contributed by atoms with van der Waals surface area (Å²) < 4.78 is 38.6. The van der Waals surface area contributed by atoms with Crippen molar-refractivity contribution < 1.29 is 22.8 Å². The first-order valence-corrected chi connectivity index (χ1v) is 9.63. The van der Waals surface area contributed by atoms with Gasteiger partial charge < -0.3 is 9.47 Å². The molecule has 2 aromatic rings. The highest BCUT2D eigenvalue weighted by atomic mass is 32.2. The third kappa shape index (κ3) is 4.54. The Balaban J connectivity index is 2.47. The summed E-state index contributed by atoms with van der Waals surface area (Å²) in [5, 5.41) is 12.9. The number of nitrogens with zero attached hydrogens (tertiary/aromatic N) is 2. The lowest BCUT2D eigenvalue weighted by Crippen LogP contribution is -2.03. The van der Waals surface area contributed by atoms with Crippen molar-refractivity contribution >= 4 is 33.3 Å².